The van der Waals surface area contributed by atoms with E-state index in [1.807, 2.05) is 51.5 Å². The Balaban J connectivity index is 0.00000232. The van der Waals surface area contributed by atoms with Crippen LogP contribution in [0.2, 0.25) is 0 Å². The predicted molar refractivity (Wildman–Crippen MR) is 251 cm³/mol. The van der Waals surface area contributed by atoms with Gasteiger partial charge >= 0.3 is 6.09 Å². The topological polar surface area (TPSA) is 206 Å². The second-order valence-electron chi connectivity index (χ2n) is 18.8. The van der Waals surface area contributed by atoms with Crippen molar-refractivity contribution in [2.45, 2.75) is 187 Å². The summed E-state index contributed by atoms with van der Waals surface area (Å²) in [6.45, 7) is 14.0. The summed E-state index contributed by atoms with van der Waals surface area (Å²) in [5, 5.41) is 4.64. The number of alkyl halides is 2. The van der Waals surface area contributed by atoms with E-state index in [9.17, 15) is 41.2 Å². The van der Waals surface area contributed by atoms with E-state index >= 15 is 0 Å². The van der Waals surface area contributed by atoms with Crippen LogP contribution in [0.25, 0.3) is 11.0 Å². The number of sulfonamides is 1. The first-order chi connectivity index (χ1) is 31.4. The van der Waals surface area contributed by atoms with Crippen LogP contribution in [-0.4, -0.2) is 103 Å². The van der Waals surface area contributed by atoms with E-state index in [-0.39, 0.29) is 36.5 Å². The Morgan fingerprint density at radius 1 is 0.985 bits per heavy atom. The molecule has 6 rings (SSSR count). The smallest absolute Gasteiger partial charge is 0.408 e. The Bertz CT molecular complexity index is 2130. The maximum Gasteiger partial charge on any atom is 0.408 e. The quantitative estimate of drug-likeness (QED) is 0.102. The monoisotopic (exact) mass is 951 g/mol. The molecule has 0 radical (unpaired) electrons. The second-order valence-corrected chi connectivity index (χ2v) is 20.8. The summed E-state index contributed by atoms with van der Waals surface area (Å²) in [5.74, 6) is -3.26. The third-order valence-corrected chi connectivity index (χ3v) is 15.1. The minimum absolute atomic E-state index is 0.147. The van der Waals surface area contributed by atoms with Crippen molar-refractivity contribution in [1.82, 2.24) is 30.2 Å². The zero-order valence-corrected chi connectivity index (χ0v) is 41.4. The lowest BCUT2D eigenvalue weighted by atomic mass is 9.83. The summed E-state index contributed by atoms with van der Waals surface area (Å²) in [5.41, 5.74) is -1.18. The number of aryl methyl sites for hydroxylation is 1. The van der Waals surface area contributed by atoms with E-state index in [1.165, 1.54) is 4.90 Å². The molecule has 1 aliphatic heterocycles. The molecule has 3 saturated carbocycles. The highest BCUT2D eigenvalue weighted by molar-refractivity contribution is 7.91. The molecule has 15 nitrogen and oxygen atoms in total. The first-order valence-corrected chi connectivity index (χ1v) is 25.9. The van der Waals surface area contributed by atoms with Crippen LogP contribution in [-0.2, 0) is 35.6 Å². The fourth-order valence-electron chi connectivity index (χ4n) is 9.37. The van der Waals surface area contributed by atoms with Gasteiger partial charge < -0.3 is 30.0 Å². The minimum atomic E-state index is -4.06. The molecule has 2 aromatic rings. The molecule has 18 heteroatoms. The fourth-order valence-corrected chi connectivity index (χ4v) is 10.7. The molecule has 3 aliphatic carbocycles. The normalized spacial score (nSPS) is 24.7. The number of aromatic amines is 1. The van der Waals surface area contributed by atoms with E-state index in [0.29, 0.717) is 61.0 Å². The molecule has 1 saturated heterocycles. The molecule has 1 aromatic heterocycles. The Morgan fingerprint density at radius 3 is 2.30 bits per heavy atom. The van der Waals surface area contributed by atoms with E-state index in [1.54, 1.807) is 33.9 Å². The van der Waals surface area contributed by atoms with Crippen molar-refractivity contribution in [3.63, 3.8) is 0 Å². The molecule has 8 atom stereocenters. The predicted octanol–water partition coefficient (Wildman–Crippen LogP) is 7.59. The largest absolute Gasteiger partial charge is 0.497 e. The van der Waals surface area contributed by atoms with Crippen LogP contribution in [0.3, 0.4) is 0 Å². The number of H-pyrrole nitrogens is 1. The van der Waals surface area contributed by atoms with Gasteiger partial charge in [0.1, 0.15) is 48.0 Å². The van der Waals surface area contributed by atoms with E-state index in [0.717, 1.165) is 51.4 Å². The maximum atomic E-state index is 14.7. The summed E-state index contributed by atoms with van der Waals surface area (Å²) in [6.07, 6.45) is 6.72. The van der Waals surface area contributed by atoms with Crippen LogP contribution >= 0.6 is 0 Å². The molecule has 0 spiro atoms. The number of ether oxygens (including phenoxy) is 2. The molecule has 4 N–H and O–H groups in total. The van der Waals surface area contributed by atoms with Crippen molar-refractivity contribution in [1.29, 1.82) is 0 Å². The van der Waals surface area contributed by atoms with Crippen LogP contribution in [0, 0.1) is 23.2 Å². The Labute approximate surface area is 390 Å². The SMILES string of the molecule is CC.CC.CCC1CCN(C(=O)[C@@H](NC(=O)O[C@@H]2CCCC[C@H]2CCCCCCc2nc3ccc(OC)cc3[nH]c2=O)C(C)(C)C)[C@@H]1C(=O)N[C@]1(C(=O)NS(=O)(=O)C2CC2)CC1C(F)CF. The molecule has 4 aliphatic rings. The molecular formula is C48H76F2N6O9S. The number of hydrogen-bond donors (Lipinski definition) is 4. The lowest BCUT2D eigenvalue weighted by Gasteiger charge is -2.37. The van der Waals surface area contributed by atoms with Crippen molar-refractivity contribution >= 4 is 44.9 Å². The van der Waals surface area contributed by atoms with Crippen molar-refractivity contribution < 1.29 is 45.9 Å². The average Bonchev–Trinajstić information content (AvgIpc) is 4.24. The highest BCUT2D eigenvalue weighted by Crippen LogP contribution is 2.48. The number of hydrogen-bond acceptors (Lipinski definition) is 10. The minimum Gasteiger partial charge on any atom is -0.497 e. The summed E-state index contributed by atoms with van der Waals surface area (Å²) in [7, 11) is -2.49. The number of aromatic nitrogens is 2. The number of unbranched alkanes of at least 4 members (excludes halogenated alkanes) is 3. The van der Waals surface area contributed by atoms with E-state index in [4.69, 9.17) is 9.47 Å². The molecule has 0 bridgehead atoms. The number of methoxy groups -OCH3 is 1. The number of alkyl carbamates (subject to hydrolysis) is 1. The van der Waals surface area contributed by atoms with Gasteiger partial charge in [0.15, 0.2) is 0 Å². The van der Waals surface area contributed by atoms with Gasteiger partial charge in [0, 0.05) is 18.5 Å². The van der Waals surface area contributed by atoms with Gasteiger partial charge in [-0.15, -0.1) is 0 Å². The number of likely N-dealkylation sites (tertiary alicyclic amines) is 1. The van der Waals surface area contributed by atoms with Gasteiger partial charge in [0.05, 0.1) is 23.4 Å². The summed E-state index contributed by atoms with van der Waals surface area (Å²) >= 11 is 0. The van der Waals surface area contributed by atoms with Crippen molar-refractivity contribution in [3.8, 4) is 5.75 Å². The number of rotatable bonds is 19. The Kier molecular flexibility index (Phi) is 19.8. The van der Waals surface area contributed by atoms with Gasteiger partial charge in [-0.3, -0.25) is 23.9 Å². The average molecular weight is 951 g/mol. The van der Waals surface area contributed by atoms with Gasteiger partial charge in [-0.1, -0.05) is 87.5 Å². The summed E-state index contributed by atoms with van der Waals surface area (Å²) in [6, 6.07) is 3.17. The maximum absolute atomic E-state index is 14.7. The van der Waals surface area contributed by atoms with Crippen molar-refractivity contribution in [2.24, 2.45) is 23.2 Å². The number of nitrogens with zero attached hydrogens (tertiary/aromatic N) is 2. The molecular weight excluding hydrogens is 875 g/mol. The first kappa shape index (κ1) is 54.3. The molecule has 3 unspecified atom stereocenters. The Hall–Kier alpha value is -4.35. The lowest BCUT2D eigenvalue weighted by molar-refractivity contribution is -0.144. The second kappa shape index (κ2) is 24.1. The van der Waals surface area contributed by atoms with Gasteiger partial charge in [0.25, 0.3) is 11.5 Å². The van der Waals surface area contributed by atoms with Crippen molar-refractivity contribution in [2.75, 3.05) is 20.3 Å². The number of halogens is 2. The van der Waals surface area contributed by atoms with Crippen LogP contribution in [0.5, 0.6) is 5.75 Å². The van der Waals surface area contributed by atoms with Crippen LogP contribution in [0.15, 0.2) is 23.0 Å². The van der Waals surface area contributed by atoms with Gasteiger partial charge in [-0.05, 0) is 93.6 Å². The van der Waals surface area contributed by atoms with E-state index < -0.39 is 80.9 Å². The summed E-state index contributed by atoms with van der Waals surface area (Å²) < 4.78 is 66.8. The van der Waals surface area contributed by atoms with Crippen molar-refractivity contribution in [3.05, 3.63) is 34.2 Å². The molecule has 1 aromatic carbocycles. The van der Waals surface area contributed by atoms with Gasteiger partial charge in [-0.2, -0.15) is 0 Å². The van der Waals surface area contributed by atoms with E-state index in [2.05, 4.69) is 20.6 Å². The standard InChI is InChI=1S/C44H64F2N6O9S.2C2H6/c1-6-26-21-22-52(36(26)39(54)50-44(24-30(44)31(46)25-45)41(56)51-62(58,59)29-18-19-29)40(55)37(43(2,3)4)49-42(57)61-35-16-12-11-14-27(35)13-9-7-8-10-15-33-38(53)48-34-23-28(60-5)17-20-32(34)47-33;2*1-2/h17,20,23,26-27,29-31,35-37H,6-16,18-19,21-22,24-25H2,1-5H3,(H,48,53)(H,49,57)(H,50,54)(H,51,56);2*1-2H3/t26?,27-,30?,31?,35-,36+,37-,44-;;/m1../s1. The number of carbonyl (C=O) groups excluding carboxylic acids is 4. The van der Waals surface area contributed by atoms with Crippen LogP contribution < -0.4 is 25.7 Å². The van der Waals surface area contributed by atoms with Crippen LogP contribution in [0.1, 0.15) is 151 Å². The molecule has 4 fully saturated rings. The number of nitrogens with one attached hydrogen (secondary N) is 4. The third kappa shape index (κ3) is 13.4. The highest BCUT2D eigenvalue weighted by Gasteiger charge is 2.66. The summed E-state index contributed by atoms with van der Waals surface area (Å²) in [4.78, 5) is 77.2. The molecule has 66 heavy (non-hydrogen) atoms. The fraction of sp³-hybridized carbons (Fsp3) is 0.750. The molecule has 372 valence electrons. The zero-order chi connectivity index (χ0) is 49.0. The van der Waals surface area contributed by atoms with Gasteiger partial charge in [-0.25, -0.2) is 27.0 Å². The highest BCUT2D eigenvalue weighted by atomic mass is 32.2. The van der Waals surface area contributed by atoms with Gasteiger partial charge in [0.2, 0.25) is 21.8 Å². The Morgan fingerprint density at radius 2 is 1.67 bits per heavy atom. The first-order valence-electron chi connectivity index (χ1n) is 24.3. The van der Waals surface area contributed by atoms with Crippen LogP contribution in [0.4, 0.5) is 13.6 Å². The molecule has 4 amide bonds. The molecule has 2 heterocycles. The number of amides is 4. The third-order valence-electron chi connectivity index (χ3n) is 13.3. The lowest BCUT2D eigenvalue weighted by Crippen LogP contribution is -2.61. The number of carbonyl (C=O) groups is 4. The number of benzene rings is 1. The number of fused-ring (bicyclic) bond motifs is 1. The zero-order valence-electron chi connectivity index (χ0n) is 40.6.